The van der Waals surface area contributed by atoms with Gasteiger partial charge in [0, 0.05) is 23.8 Å². The third kappa shape index (κ3) is 2.26. The van der Waals surface area contributed by atoms with Crippen molar-refractivity contribution < 1.29 is 0 Å². The average molecular weight is 254 g/mol. The van der Waals surface area contributed by atoms with Crippen LogP contribution in [0, 0.1) is 0 Å². The third-order valence-electron chi connectivity index (χ3n) is 2.08. The van der Waals surface area contributed by atoms with Crippen molar-refractivity contribution in [3.63, 3.8) is 0 Å². The minimum absolute atomic E-state index is 0.542. The van der Waals surface area contributed by atoms with Gasteiger partial charge in [-0.05, 0) is 24.3 Å². The summed E-state index contributed by atoms with van der Waals surface area (Å²) in [6.07, 6.45) is 1.68. The molecule has 2 rings (SSSR count). The zero-order chi connectivity index (χ0) is 11.5. The van der Waals surface area contributed by atoms with Crippen molar-refractivity contribution in [3.05, 3.63) is 40.5 Å². The van der Waals surface area contributed by atoms with Crippen LogP contribution in [0.4, 0.5) is 5.82 Å². The van der Waals surface area contributed by atoms with Crippen molar-refractivity contribution in [2.45, 2.75) is 0 Å². The number of anilines is 1. The molecular formula is C11H9Cl2N3. The molecule has 0 aliphatic rings. The number of hydrogen-bond donors (Lipinski definition) is 1. The van der Waals surface area contributed by atoms with Crippen molar-refractivity contribution in [3.8, 4) is 11.4 Å². The summed E-state index contributed by atoms with van der Waals surface area (Å²) in [7, 11) is 1.80. The first-order valence-electron chi connectivity index (χ1n) is 4.67. The smallest absolute Gasteiger partial charge is 0.162 e. The Balaban J connectivity index is 2.49. The predicted octanol–water partition coefficient (Wildman–Crippen LogP) is 3.49. The van der Waals surface area contributed by atoms with Crippen LogP contribution in [0.15, 0.2) is 30.5 Å². The summed E-state index contributed by atoms with van der Waals surface area (Å²) in [5.41, 5.74) is 0.767. The molecule has 16 heavy (non-hydrogen) atoms. The van der Waals surface area contributed by atoms with Gasteiger partial charge in [0.2, 0.25) is 0 Å². The van der Waals surface area contributed by atoms with E-state index in [0.29, 0.717) is 15.9 Å². The Hall–Kier alpha value is -1.32. The van der Waals surface area contributed by atoms with Crippen LogP contribution < -0.4 is 5.32 Å². The summed E-state index contributed by atoms with van der Waals surface area (Å²) < 4.78 is 0. The van der Waals surface area contributed by atoms with Crippen LogP contribution >= 0.6 is 23.2 Å². The van der Waals surface area contributed by atoms with Gasteiger partial charge in [-0.25, -0.2) is 9.97 Å². The normalized spacial score (nSPS) is 10.2. The zero-order valence-corrected chi connectivity index (χ0v) is 10.0. The molecule has 1 heterocycles. The molecule has 0 radical (unpaired) electrons. The van der Waals surface area contributed by atoms with Gasteiger partial charge in [0.15, 0.2) is 5.82 Å². The van der Waals surface area contributed by atoms with Crippen molar-refractivity contribution in [2.75, 3.05) is 12.4 Å². The molecule has 0 spiro atoms. The topological polar surface area (TPSA) is 37.8 Å². The van der Waals surface area contributed by atoms with Gasteiger partial charge in [-0.1, -0.05) is 23.2 Å². The zero-order valence-electron chi connectivity index (χ0n) is 8.54. The molecule has 1 aromatic heterocycles. The molecule has 0 fully saturated rings. The Labute approximate surface area is 103 Å². The highest BCUT2D eigenvalue weighted by Gasteiger charge is 2.07. The monoisotopic (exact) mass is 253 g/mol. The second-order valence-electron chi connectivity index (χ2n) is 3.14. The van der Waals surface area contributed by atoms with Crippen LogP contribution in [0.2, 0.25) is 10.0 Å². The summed E-state index contributed by atoms with van der Waals surface area (Å²) in [5, 5.41) is 4.09. The lowest BCUT2D eigenvalue weighted by Gasteiger charge is -2.05. The maximum atomic E-state index is 6.07. The number of hydrogen-bond acceptors (Lipinski definition) is 3. The first-order valence-corrected chi connectivity index (χ1v) is 5.42. The Morgan fingerprint density at radius 1 is 1.19 bits per heavy atom. The molecule has 0 atom stereocenters. The number of nitrogens with one attached hydrogen (secondary N) is 1. The molecule has 1 aromatic carbocycles. The van der Waals surface area contributed by atoms with Gasteiger partial charge >= 0.3 is 0 Å². The summed E-state index contributed by atoms with van der Waals surface area (Å²) >= 11 is 11.9. The molecule has 3 nitrogen and oxygen atoms in total. The lowest BCUT2D eigenvalue weighted by atomic mass is 10.2. The molecule has 82 valence electrons. The van der Waals surface area contributed by atoms with E-state index in [1.165, 1.54) is 0 Å². The highest BCUT2D eigenvalue weighted by atomic mass is 35.5. The van der Waals surface area contributed by atoms with E-state index in [0.717, 1.165) is 11.4 Å². The van der Waals surface area contributed by atoms with E-state index in [1.54, 1.807) is 37.5 Å². The number of halogens is 2. The second kappa shape index (κ2) is 4.68. The van der Waals surface area contributed by atoms with Gasteiger partial charge in [-0.2, -0.15) is 0 Å². The Morgan fingerprint density at radius 2 is 2.00 bits per heavy atom. The summed E-state index contributed by atoms with van der Waals surface area (Å²) in [6, 6.07) is 7.03. The van der Waals surface area contributed by atoms with E-state index >= 15 is 0 Å². The molecule has 5 heteroatoms. The first kappa shape index (κ1) is 11.2. The minimum Gasteiger partial charge on any atom is -0.373 e. The SMILES string of the molecule is CNc1ccnc(-c2ccc(Cl)cc2Cl)n1. The maximum Gasteiger partial charge on any atom is 0.162 e. The fourth-order valence-electron chi connectivity index (χ4n) is 1.30. The fourth-order valence-corrected chi connectivity index (χ4v) is 1.79. The fraction of sp³-hybridized carbons (Fsp3) is 0.0909. The van der Waals surface area contributed by atoms with Crippen LogP contribution in [0.5, 0.6) is 0 Å². The first-order chi connectivity index (χ1) is 7.70. The predicted molar refractivity (Wildman–Crippen MR) is 67.0 cm³/mol. The highest BCUT2D eigenvalue weighted by molar-refractivity contribution is 6.36. The summed E-state index contributed by atoms with van der Waals surface area (Å²) in [5.74, 6) is 1.32. The van der Waals surface area contributed by atoms with Crippen molar-refractivity contribution in [1.29, 1.82) is 0 Å². The molecule has 1 N–H and O–H groups in total. The van der Waals surface area contributed by atoms with Crippen molar-refractivity contribution in [2.24, 2.45) is 0 Å². The Bertz CT molecular complexity index is 514. The number of rotatable bonds is 2. The maximum absolute atomic E-state index is 6.07. The van der Waals surface area contributed by atoms with E-state index in [-0.39, 0.29) is 0 Å². The third-order valence-corrected chi connectivity index (χ3v) is 2.63. The largest absolute Gasteiger partial charge is 0.373 e. The molecule has 0 bridgehead atoms. The summed E-state index contributed by atoms with van der Waals surface area (Å²) in [6.45, 7) is 0. The number of aromatic nitrogens is 2. The standard InChI is InChI=1S/C11H9Cl2N3/c1-14-10-4-5-15-11(16-10)8-3-2-7(12)6-9(8)13/h2-6H,1H3,(H,14,15,16). The summed E-state index contributed by atoms with van der Waals surface area (Å²) in [4.78, 5) is 8.47. The molecule has 0 unspecified atom stereocenters. The molecule has 0 aliphatic carbocycles. The van der Waals surface area contributed by atoms with Crippen LogP contribution in [0.25, 0.3) is 11.4 Å². The lowest BCUT2D eigenvalue weighted by molar-refractivity contribution is 1.17. The minimum atomic E-state index is 0.542. The molecular weight excluding hydrogens is 245 g/mol. The number of benzene rings is 1. The quantitative estimate of drug-likeness (QED) is 0.891. The second-order valence-corrected chi connectivity index (χ2v) is 3.98. The molecule has 0 saturated heterocycles. The van der Waals surface area contributed by atoms with Crippen molar-refractivity contribution >= 4 is 29.0 Å². The van der Waals surface area contributed by atoms with Crippen LogP contribution in [-0.2, 0) is 0 Å². The van der Waals surface area contributed by atoms with Gasteiger partial charge in [-0.3, -0.25) is 0 Å². The van der Waals surface area contributed by atoms with Gasteiger partial charge < -0.3 is 5.32 Å². The average Bonchev–Trinajstić information content (AvgIpc) is 2.29. The van der Waals surface area contributed by atoms with Gasteiger partial charge in [0.25, 0.3) is 0 Å². The van der Waals surface area contributed by atoms with Gasteiger partial charge in [-0.15, -0.1) is 0 Å². The van der Waals surface area contributed by atoms with Crippen molar-refractivity contribution in [1.82, 2.24) is 9.97 Å². The Kier molecular flexibility index (Phi) is 3.27. The van der Waals surface area contributed by atoms with Crippen LogP contribution in [0.3, 0.4) is 0 Å². The van der Waals surface area contributed by atoms with Gasteiger partial charge in [0.1, 0.15) is 5.82 Å². The molecule has 0 saturated carbocycles. The van der Waals surface area contributed by atoms with Gasteiger partial charge in [0.05, 0.1) is 5.02 Å². The van der Waals surface area contributed by atoms with Crippen LogP contribution in [0.1, 0.15) is 0 Å². The van der Waals surface area contributed by atoms with E-state index < -0.39 is 0 Å². The van der Waals surface area contributed by atoms with E-state index in [1.807, 2.05) is 0 Å². The molecule has 0 amide bonds. The molecule has 2 aromatic rings. The number of nitrogens with zero attached hydrogens (tertiary/aromatic N) is 2. The molecule has 0 aliphatic heterocycles. The highest BCUT2D eigenvalue weighted by Crippen LogP contribution is 2.28. The van der Waals surface area contributed by atoms with E-state index in [9.17, 15) is 0 Å². The van der Waals surface area contributed by atoms with E-state index in [4.69, 9.17) is 23.2 Å². The lowest BCUT2D eigenvalue weighted by Crippen LogP contribution is -1.95. The Morgan fingerprint density at radius 3 is 2.69 bits per heavy atom. The van der Waals surface area contributed by atoms with Crippen LogP contribution in [-0.4, -0.2) is 17.0 Å². The van der Waals surface area contributed by atoms with E-state index in [2.05, 4.69) is 15.3 Å².